The lowest BCUT2D eigenvalue weighted by Gasteiger charge is -2.49. The SMILES string of the molecule is OC[C@H]1O[C@@H](O[C@@H]2[C@@H](O)[C@H](O[C@H]3[C@H](O)[C@@H](O)[C@H](O[C@H]4[C@H](O)[C@H](O)C(O)O[C@@H]4CO)O[C@@H]3CO)O[C@H](CO)[C@H]2O)[C@H](O)[C@@H](O)[C@H]1O. The van der Waals surface area contributed by atoms with Crippen LogP contribution in [0.3, 0.4) is 0 Å². The minimum Gasteiger partial charge on any atom is -0.394 e. The molecule has 0 aromatic rings. The standard InChI is InChI=1S/C24H42O21/c25-1-5-9(29)11(31)15(35)22(40-5)45-20-10(30)6(2-26)41-24(17(20)37)44-19-8(4-28)42-23(16(36)13(19)33)43-18-7(3-27)39-21(38)14(34)12(18)32/h5-38H,1-4H2/t5-,6-,7-,8-,9+,10-,11+,12-,13-,14+,15-,16-,17-,18-,19-,20+,21?,22+,23+,24+/m1/s1. The van der Waals surface area contributed by atoms with Gasteiger partial charge in [-0.25, -0.2) is 0 Å². The quantitative estimate of drug-likeness (QED) is 0.103. The van der Waals surface area contributed by atoms with Gasteiger partial charge < -0.3 is 105 Å². The van der Waals surface area contributed by atoms with E-state index in [1.807, 2.05) is 0 Å². The van der Waals surface area contributed by atoms with Gasteiger partial charge in [0, 0.05) is 0 Å². The summed E-state index contributed by atoms with van der Waals surface area (Å²) in [4.78, 5) is 0. The van der Waals surface area contributed by atoms with E-state index in [2.05, 4.69) is 0 Å². The molecule has 0 radical (unpaired) electrons. The smallest absolute Gasteiger partial charge is 0.187 e. The Balaban J connectivity index is 1.48. The normalized spacial score (nSPS) is 52.9. The van der Waals surface area contributed by atoms with E-state index in [1.165, 1.54) is 0 Å². The first kappa shape index (κ1) is 37.0. The van der Waals surface area contributed by atoms with Gasteiger partial charge in [0.25, 0.3) is 0 Å². The Kier molecular flexibility index (Phi) is 12.8. The summed E-state index contributed by atoms with van der Waals surface area (Å²) in [6.07, 6.45) is -35.6. The Hall–Kier alpha value is -0.840. The monoisotopic (exact) mass is 666 g/mol. The largest absolute Gasteiger partial charge is 0.394 e. The third-order valence-corrected chi connectivity index (χ3v) is 8.20. The molecule has 264 valence electrons. The topological polar surface area (TPSA) is 348 Å². The summed E-state index contributed by atoms with van der Waals surface area (Å²) >= 11 is 0. The molecule has 21 heteroatoms. The first-order chi connectivity index (χ1) is 21.3. The summed E-state index contributed by atoms with van der Waals surface area (Å²) in [7, 11) is 0. The van der Waals surface area contributed by atoms with E-state index < -0.39 is 149 Å². The Bertz CT molecular complexity index is 912. The second-order valence-corrected chi connectivity index (χ2v) is 11.1. The Labute approximate surface area is 254 Å². The van der Waals surface area contributed by atoms with Gasteiger partial charge in [-0.1, -0.05) is 0 Å². The Morgan fingerprint density at radius 1 is 0.333 bits per heavy atom. The number of hydrogen-bond donors (Lipinski definition) is 14. The van der Waals surface area contributed by atoms with Gasteiger partial charge in [-0.3, -0.25) is 0 Å². The molecule has 0 aromatic carbocycles. The van der Waals surface area contributed by atoms with E-state index in [0.717, 1.165) is 0 Å². The van der Waals surface area contributed by atoms with Crippen molar-refractivity contribution in [2.45, 2.75) is 123 Å². The summed E-state index contributed by atoms with van der Waals surface area (Å²) in [5.74, 6) is 0. The van der Waals surface area contributed by atoms with Crippen LogP contribution in [0.2, 0.25) is 0 Å². The molecule has 0 amide bonds. The van der Waals surface area contributed by atoms with Crippen LogP contribution in [0.5, 0.6) is 0 Å². The second-order valence-electron chi connectivity index (χ2n) is 11.1. The summed E-state index contributed by atoms with van der Waals surface area (Å²) in [5.41, 5.74) is 0. The summed E-state index contributed by atoms with van der Waals surface area (Å²) in [6, 6.07) is 0. The Morgan fingerprint density at radius 2 is 0.711 bits per heavy atom. The van der Waals surface area contributed by atoms with E-state index in [-0.39, 0.29) is 0 Å². The molecule has 4 fully saturated rings. The van der Waals surface area contributed by atoms with Gasteiger partial charge >= 0.3 is 0 Å². The molecule has 0 bridgehead atoms. The van der Waals surface area contributed by atoms with Crippen LogP contribution in [-0.2, 0) is 33.2 Å². The molecule has 0 spiro atoms. The maximum Gasteiger partial charge on any atom is 0.187 e. The highest BCUT2D eigenvalue weighted by molar-refractivity contribution is 4.97. The van der Waals surface area contributed by atoms with E-state index in [9.17, 15) is 71.5 Å². The molecular formula is C24H42O21. The van der Waals surface area contributed by atoms with Crippen LogP contribution >= 0.6 is 0 Å². The van der Waals surface area contributed by atoms with E-state index in [1.54, 1.807) is 0 Å². The second kappa shape index (κ2) is 15.6. The van der Waals surface area contributed by atoms with Gasteiger partial charge in [-0.2, -0.15) is 0 Å². The van der Waals surface area contributed by atoms with Crippen LogP contribution < -0.4 is 0 Å². The molecule has 0 saturated carbocycles. The summed E-state index contributed by atoms with van der Waals surface area (Å²) < 4.78 is 37.7. The maximum atomic E-state index is 11.0. The number of rotatable bonds is 10. The molecule has 4 heterocycles. The number of ether oxygens (including phenoxy) is 7. The lowest BCUT2D eigenvalue weighted by atomic mass is 9.95. The fraction of sp³-hybridized carbons (Fsp3) is 1.00. The van der Waals surface area contributed by atoms with Crippen molar-refractivity contribution in [3.8, 4) is 0 Å². The lowest BCUT2D eigenvalue weighted by Crippen LogP contribution is -2.67. The molecule has 0 aliphatic carbocycles. The van der Waals surface area contributed by atoms with Crippen LogP contribution in [0.1, 0.15) is 0 Å². The predicted molar refractivity (Wildman–Crippen MR) is 134 cm³/mol. The molecule has 45 heavy (non-hydrogen) atoms. The zero-order valence-corrected chi connectivity index (χ0v) is 23.5. The molecule has 4 saturated heterocycles. The molecule has 4 aliphatic heterocycles. The van der Waals surface area contributed by atoms with Gasteiger partial charge in [0.2, 0.25) is 0 Å². The zero-order valence-electron chi connectivity index (χ0n) is 23.5. The van der Waals surface area contributed by atoms with Crippen LogP contribution in [-0.4, -0.2) is 221 Å². The first-order valence-electron chi connectivity index (χ1n) is 14.1. The third-order valence-electron chi connectivity index (χ3n) is 8.20. The predicted octanol–water partition coefficient (Wildman–Crippen LogP) is -9.75. The third kappa shape index (κ3) is 7.44. The van der Waals surface area contributed by atoms with Crippen molar-refractivity contribution in [3.05, 3.63) is 0 Å². The first-order valence-corrected chi connectivity index (χ1v) is 14.1. The zero-order chi connectivity index (χ0) is 33.3. The number of hydrogen-bond acceptors (Lipinski definition) is 21. The van der Waals surface area contributed by atoms with Crippen molar-refractivity contribution < 1.29 is 105 Å². The van der Waals surface area contributed by atoms with Crippen LogP contribution in [0.15, 0.2) is 0 Å². The molecule has 20 atom stereocenters. The fourth-order valence-corrected chi connectivity index (χ4v) is 5.54. The molecule has 4 aliphatic rings. The van der Waals surface area contributed by atoms with E-state index in [0.29, 0.717) is 0 Å². The van der Waals surface area contributed by atoms with Crippen LogP contribution in [0, 0.1) is 0 Å². The van der Waals surface area contributed by atoms with Crippen molar-refractivity contribution in [1.82, 2.24) is 0 Å². The minimum atomic E-state index is -2.02. The number of aliphatic hydroxyl groups excluding tert-OH is 14. The van der Waals surface area contributed by atoms with E-state index in [4.69, 9.17) is 33.2 Å². The van der Waals surface area contributed by atoms with Gasteiger partial charge in [0.15, 0.2) is 25.2 Å². The van der Waals surface area contributed by atoms with Crippen LogP contribution in [0.25, 0.3) is 0 Å². The molecule has 21 nitrogen and oxygen atoms in total. The minimum absolute atomic E-state index is 0.806. The van der Waals surface area contributed by atoms with Crippen LogP contribution in [0.4, 0.5) is 0 Å². The highest BCUT2D eigenvalue weighted by Crippen LogP contribution is 2.34. The Morgan fingerprint density at radius 3 is 1.22 bits per heavy atom. The number of aliphatic hydroxyl groups is 14. The summed E-state index contributed by atoms with van der Waals surface area (Å²) in [6.45, 7) is -3.41. The maximum absolute atomic E-state index is 11.0. The molecule has 1 unspecified atom stereocenters. The average molecular weight is 667 g/mol. The highest BCUT2D eigenvalue weighted by Gasteiger charge is 2.55. The fourth-order valence-electron chi connectivity index (χ4n) is 5.54. The summed E-state index contributed by atoms with van der Waals surface area (Å²) in [5, 5.41) is 142. The highest BCUT2D eigenvalue weighted by atomic mass is 16.8. The lowest BCUT2D eigenvalue weighted by molar-refractivity contribution is -0.388. The van der Waals surface area contributed by atoms with Crippen molar-refractivity contribution in [3.63, 3.8) is 0 Å². The van der Waals surface area contributed by atoms with Crippen molar-refractivity contribution in [2.24, 2.45) is 0 Å². The molecule has 4 rings (SSSR count). The van der Waals surface area contributed by atoms with Crippen molar-refractivity contribution in [2.75, 3.05) is 26.4 Å². The van der Waals surface area contributed by atoms with Crippen molar-refractivity contribution in [1.29, 1.82) is 0 Å². The molecular weight excluding hydrogens is 624 g/mol. The van der Waals surface area contributed by atoms with Gasteiger partial charge in [0.1, 0.15) is 97.7 Å². The van der Waals surface area contributed by atoms with E-state index >= 15 is 0 Å². The molecule has 14 N–H and O–H groups in total. The average Bonchev–Trinajstić information content (AvgIpc) is 3.03. The molecule has 0 aromatic heterocycles. The van der Waals surface area contributed by atoms with Gasteiger partial charge in [-0.15, -0.1) is 0 Å². The van der Waals surface area contributed by atoms with Crippen molar-refractivity contribution >= 4 is 0 Å². The van der Waals surface area contributed by atoms with Gasteiger partial charge in [-0.05, 0) is 0 Å². The van der Waals surface area contributed by atoms with Gasteiger partial charge in [0.05, 0.1) is 26.4 Å².